The van der Waals surface area contributed by atoms with Crippen molar-refractivity contribution in [3.63, 3.8) is 0 Å². The lowest BCUT2D eigenvalue weighted by atomic mass is 10.1. The minimum atomic E-state index is -2.72. The molecule has 1 aliphatic carbocycles. The molecule has 0 radical (unpaired) electrons. The number of hydrogen-bond donors (Lipinski definition) is 1. The largest absolute Gasteiger partial charge is 0.469 e. The molecule has 1 aliphatic rings. The molecule has 1 fully saturated rings. The van der Waals surface area contributed by atoms with Crippen molar-refractivity contribution >= 4 is 5.97 Å². The van der Waals surface area contributed by atoms with Crippen LogP contribution >= 0.6 is 0 Å². The van der Waals surface area contributed by atoms with Gasteiger partial charge in [-0.05, 0) is 26.4 Å². The van der Waals surface area contributed by atoms with Gasteiger partial charge in [-0.3, -0.25) is 4.79 Å². The summed E-state index contributed by atoms with van der Waals surface area (Å²) in [7, 11) is 3.15. The van der Waals surface area contributed by atoms with Gasteiger partial charge in [-0.15, -0.1) is 0 Å². The van der Waals surface area contributed by atoms with E-state index < -0.39 is 17.9 Å². The first-order chi connectivity index (χ1) is 8.87. The van der Waals surface area contributed by atoms with Crippen molar-refractivity contribution in [1.82, 2.24) is 4.90 Å². The number of aliphatic hydroxyl groups is 1. The Bertz CT molecular complexity index is 312. The molecule has 1 N–H and O–H groups in total. The monoisotopic (exact) mass is 279 g/mol. The van der Waals surface area contributed by atoms with Crippen molar-refractivity contribution in [3.8, 4) is 0 Å². The molecule has 0 bridgehead atoms. The van der Waals surface area contributed by atoms with Crippen molar-refractivity contribution in [1.29, 1.82) is 0 Å². The summed E-state index contributed by atoms with van der Waals surface area (Å²) in [5.41, 5.74) is -1.23. The second kappa shape index (κ2) is 6.61. The van der Waals surface area contributed by atoms with E-state index >= 15 is 0 Å². The molecule has 1 rings (SSSR count). The number of hydrogen-bond acceptors (Lipinski definition) is 4. The molecule has 0 aromatic heterocycles. The molecule has 0 amide bonds. The van der Waals surface area contributed by atoms with E-state index in [1.54, 1.807) is 7.05 Å². The van der Waals surface area contributed by atoms with Gasteiger partial charge < -0.3 is 14.7 Å². The number of ether oxygens (including phenoxy) is 1. The van der Waals surface area contributed by atoms with Crippen LogP contribution in [0.1, 0.15) is 32.1 Å². The Hall–Kier alpha value is -0.750. The summed E-state index contributed by atoms with van der Waals surface area (Å²) in [5, 5.41) is 9.08. The van der Waals surface area contributed by atoms with Gasteiger partial charge in [-0.2, -0.15) is 0 Å². The average molecular weight is 279 g/mol. The van der Waals surface area contributed by atoms with Gasteiger partial charge in [0.2, 0.25) is 0 Å². The van der Waals surface area contributed by atoms with Crippen LogP contribution in [-0.2, 0) is 9.53 Å². The standard InChI is InChI=1S/C13H23F2NO3/c1-16(7-5-3-4-6-11(18)19-2)9-12(10-17)8-13(12,14)15/h17H,3-10H2,1-2H3/t12-/m1/s1. The van der Waals surface area contributed by atoms with Gasteiger partial charge in [-0.1, -0.05) is 6.42 Å². The summed E-state index contributed by atoms with van der Waals surface area (Å²) >= 11 is 0. The van der Waals surface area contributed by atoms with Crippen LogP contribution in [0.2, 0.25) is 0 Å². The number of methoxy groups -OCH3 is 1. The Morgan fingerprint density at radius 3 is 2.47 bits per heavy atom. The highest BCUT2D eigenvalue weighted by Crippen LogP contribution is 2.60. The fraction of sp³-hybridized carbons (Fsp3) is 0.923. The number of esters is 1. The Balaban J connectivity index is 2.12. The molecule has 112 valence electrons. The highest BCUT2D eigenvalue weighted by molar-refractivity contribution is 5.68. The quantitative estimate of drug-likeness (QED) is 0.515. The number of unbranched alkanes of at least 4 members (excludes halogenated alkanes) is 2. The van der Waals surface area contributed by atoms with Crippen molar-refractivity contribution in [2.24, 2.45) is 5.41 Å². The van der Waals surface area contributed by atoms with E-state index in [2.05, 4.69) is 4.74 Å². The number of rotatable bonds is 9. The summed E-state index contributed by atoms with van der Waals surface area (Å²) in [6.45, 7) is 0.444. The molecule has 0 unspecified atom stereocenters. The van der Waals surface area contributed by atoms with Crippen LogP contribution in [-0.4, -0.2) is 55.8 Å². The van der Waals surface area contributed by atoms with Gasteiger partial charge in [0.15, 0.2) is 0 Å². The molecule has 1 saturated carbocycles. The van der Waals surface area contributed by atoms with Crippen LogP contribution in [0, 0.1) is 5.41 Å². The summed E-state index contributed by atoms with van der Waals surface area (Å²) in [6, 6.07) is 0. The maximum absolute atomic E-state index is 13.1. The average Bonchev–Trinajstić information content (AvgIpc) is 2.90. The van der Waals surface area contributed by atoms with Gasteiger partial charge >= 0.3 is 5.97 Å². The second-order valence-electron chi connectivity index (χ2n) is 5.44. The smallest absolute Gasteiger partial charge is 0.305 e. The Morgan fingerprint density at radius 1 is 1.37 bits per heavy atom. The number of carbonyl (C=O) groups excluding carboxylic acids is 1. The second-order valence-corrected chi connectivity index (χ2v) is 5.44. The normalized spacial score (nSPS) is 24.5. The van der Waals surface area contributed by atoms with E-state index in [9.17, 15) is 13.6 Å². The first-order valence-electron chi connectivity index (χ1n) is 6.61. The zero-order chi connectivity index (χ0) is 14.5. The van der Waals surface area contributed by atoms with Crippen LogP contribution in [0.5, 0.6) is 0 Å². The molecule has 0 aromatic rings. The van der Waals surface area contributed by atoms with E-state index in [1.165, 1.54) is 7.11 Å². The summed E-state index contributed by atoms with van der Waals surface area (Å²) < 4.78 is 30.8. The number of aliphatic hydroxyl groups excluding tert-OH is 1. The lowest BCUT2D eigenvalue weighted by molar-refractivity contribution is -0.140. The van der Waals surface area contributed by atoms with Crippen molar-refractivity contribution < 1.29 is 23.4 Å². The third-order valence-electron chi connectivity index (χ3n) is 3.73. The number of halogens is 2. The summed E-state index contributed by atoms with van der Waals surface area (Å²) in [5.74, 6) is -2.94. The van der Waals surface area contributed by atoms with Gasteiger partial charge in [0.05, 0.1) is 19.1 Å². The molecule has 4 nitrogen and oxygen atoms in total. The van der Waals surface area contributed by atoms with Crippen LogP contribution in [0.3, 0.4) is 0 Å². The molecular formula is C13H23F2NO3. The van der Waals surface area contributed by atoms with Gasteiger partial charge in [0.1, 0.15) is 0 Å². The number of nitrogens with zero attached hydrogens (tertiary/aromatic N) is 1. The van der Waals surface area contributed by atoms with Gasteiger partial charge in [-0.25, -0.2) is 8.78 Å². The van der Waals surface area contributed by atoms with E-state index in [1.807, 2.05) is 4.90 Å². The molecular weight excluding hydrogens is 256 g/mol. The van der Waals surface area contributed by atoms with Crippen LogP contribution in [0.25, 0.3) is 0 Å². The predicted molar refractivity (Wildman–Crippen MR) is 67.1 cm³/mol. The minimum absolute atomic E-state index is 0.216. The predicted octanol–water partition coefficient (Wildman–Crippen LogP) is 1.67. The third kappa shape index (κ3) is 4.38. The molecule has 0 heterocycles. The summed E-state index contributed by atoms with van der Waals surface area (Å²) in [4.78, 5) is 12.7. The van der Waals surface area contributed by atoms with Crippen molar-refractivity contribution in [2.75, 3.05) is 33.9 Å². The number of alkyl halides is 2. The molecule has 0 spiro atoms. The lowest BCUT2D eigenvalue weighted by Crippen LogP contribution is -2.33. The van der Waals surface area contributed by atoms with Gasteiger partial charge in [0.25, 0.3) is 5.92 Å². The van der Waals surface area contributed by atoms with Crippen LogP contribution in [0.4, 0.5) is 8.78 Å². The lowest BCUT2D eigenvalue weighted by Gasteiger charge is -2.22. The zero-order valence-electron chi connectivity index (χ0n) is 11.6. The van der Waals surface area contributed by atoms with Crippen LogP contribution < -0.4 is 0 Å². The highest BCUT2D eigenvalue weighted by Gasteiger charge is 2.70. The van der Waals surface area contributed by atoms with Crippen molar-refractivity contribution in [3.05, 3.63) is 0 Å². The Labute approximate surface area is 112 Å². The molecule has 1 atom stereocenters. The van der Waals surface area contributed by atoms with E-state index in [0.717, 1.165) is 19.3 Å². The Morgan fingerprint density at radius 2 is 2.00 bits per heavy atom. The molecule has 19 heavy (non-hydrogen) atoms. The fourth-order valence-corrected chi connectivity index (χ4v) is 2.30. The number of carbonyl (C=O) groups is 1. The van der Waals surface area contributed by atoms with E-state index in [-0.39, 0.29) is 18.9 Å². The fourth-order valence-electron chi connectivity index (χ4n) is 2.30. The SMILES string of the molecule is COC(=O)CCCCCN(C)C[C@@]1(CO)CC1(F)F. The first kappa shape index (κ1) is 16.3. The third-order valence-corrected chi connectivity index (χ3v) is 3.73. The molecule has 0 aromatic carbocycles. The topological polar surface area (TPSA) is 49.8 Å². The molecule has 0 saturated heterocycles. The Kier molecular flexibility index (Phi) is 5.67. The first-order valence-corrected chi connectivity index (χ1v) is 6.61. The minimum Gasteiger partial charge on any atom is -0.469 e. The summed E-state index contributed by atoms with van der Waals surface area (Å²) in [6.07, 6.45) is 2.65. The van der Waals surface area contributed by atoms with Crippen LogP contribution in [0.15, 0.2) is 0 Å². The van der Waals surface area contributed by atoms with Gasteiger partial charge in [0, 0.05) is 19.4 Å². The molecule has 0 aliphatic heterocycles. The van der Waals surface area contributed by atoms with Crippen molar-refractivity contribution in [2.45, 2.75) is 38.0 Å². The van der Waals surface area contributed by atoms with E-state index in [0.29, 0.717) is 13.0 Å². The van der Waals surface area contributed by atoms with E-state index in [4.69, 9.17) is 5.11 Å². The molecule has 6 heteroatoms. The maximum atomic E-state index is 13.1. The highest BCUT2D eigenvalue weighted by atomic mass is 19.3. The zero-order valence-corrected chi connectivity index (χ0v) is 11.6. The maximum Gasteiger partial charge on any atom is 0.305 e.